The van der Waals surface area contributed by atoms with Gasteiger partial charge in [0.2, 0.25) is 0 Å². The van der Waals surface area contributed by atoms with Crippen molar-refractivity contribution in [2.75, 3.05) is 0 Å². The molecule has 0 N–H and O–H groups in total. The lowest BCUT2D eigenvalue weighted by molar-refractivity contribution is -0.0597. The maximum Gasteiger partial charge on any atom is 0.514 e. The lowest BCUT2D eigenvalue weighted by atomic mass is 9.47. The predicted molar refractivity (Wildman–Crippen MR) is 155 cm³/mol. The van der Waals surface area contributed by atoms with Crippen LogP contribution in [0.1, 0.15) is 111 Å². The first kappa shape index (κ1) is 27.8. The molecule has 3 saturated carbocycles. The number of carbonyl (C=O) groups excluding carboxylic acids is 1. The van der Waals surface area contributed by atoms with Gasteiger partial charge in [0.1, 0.15) is 11.9 Å². The smallest absolute Gasteiger partial charge is 0.430 e. The Balaban J connectivity index is 1.21. The molecule has 4 aliphatic carbocycles. The van der Waals surface area contributed by atoms with Crippen LogP contribution in [0.3, 0.4) is 0 Å². The van der Waals surface area contributed by atoms with Crippen LogP contribution in [0.2, 0.25) is 0 Å². The molecule has 3 nitrogen and oxygen atoms in total. The molecule has 0 amide bonds. The van der Waals surface area contributed by atoms with Gasteiger partial charge in [0.25, 0.3) is 0 Å². The van der Waals surface area contributed by atoms with Crippen molar-refractivity contribution in [2.45, 2.75) is 118 Å². The Kier molecular flexibility index (Phi) is 8.05. The fraction of sp³-hybridized carbons (Fsp3) is 0.743. The van der Waals surface area contributed by atoms with Crippen LogP contribution in [0.5, 0.6) is 5.75 Å². The molecule has 5 rings (SSSR count). The first-order chi connectivity index (χ1) is 18.1. The molecule has 0 radical (unpaired) electrons. The van der Waals surface area contributed by atoms with Crippen molar-refractivity contribution in [1.82, 2.24) is 0 Å². The third kappa shape index (κ3) is 5.33. The monoisotopic (exact) mass is 520 g/mol. The second kappa shape index (κ2) is 11.0. The number of benzene rings is 1. The van der Waals surface area contributed by atoms with Crippen molar-refractivity contribution >= 4 is 6.16 Å². The average Bonchev–Trinajstić information content (AvgIpc) is 3.23. The van der Waals surface area contributed by atoms with Gasteiger partial charge in [0.15, 0.2) is 0 Å². The highest BCUT2D eigenvalue weighted by atomic mass is 16.7. The summed E-state index contributed by atoms with van der Waals surface area (Å²) in [5.74, 6) is 5.64. The SMILES string of the molecule is Cc1ccc(OC(=O)OC2CCC3(C)C(=CCC4C3CCC3(C)C(C(C)CCCC(C)C)CCC43)C2)cc1. The standard InChI is InChI=1S/C35H52O3/c1-23(2)8-7-9-25(4)30-16-17-31-29-15-12-26-22-28(38-33(36)37-27-13-10-24(3)11-14-27)18-20-34(26,5)32(29)19-21-35(30,31)6/h10-14,23,25,28-32H,7-9,15-22H2,1-6H3. The average molecular weight is 521 g/mol. The molecule has 0 bridgehead atoms. The third-order valence-electron chi connectivity index (χ3n) is 11.7. The first-order valence-electron chi connectivity index (χ1n) is 15.7. The number of allylic oxidation sites excluding steroid dienone is 1. The molecule has 1 aromatic rings. The Bertz CT molecular complexity index is 1010. The van der Waals surface area contributed by atoms with Crippen LogP contribution in [-0.2, 0) is 4.74 Å². The zero-order valence-electron chi connectivity index (χ0n) is 24.9. The van der Waals surface area contributed by atoms with Crippen LogP contribution >= 0.6 is 0 Å². The predicted octanol–water partition coefficient (Wildman–Crippen LogP) is 9.92. The minimum absolute atomic E-state index is 0.0692. The van der Waals surface area contributed by atoms with E-state index in [-0.39, 0.29) is 11.5 Å². The minimum Gasteiger partial charge on any atom is -0.430 e. The molecule has 3 fully saturated rings. The molecule has 1 aromatic carbocycles. The van der Waals surface area contributed by atoms with Crippen LogP contribution in [0.15, 0.2) is 35.9 Å². The first-order valence-corrected chi connectivity index (χ1v) is 15.7. The van der Waals surface area contributed by atoms with Crippen molar-refractivity contribution in [3.63, 3.8) is 0 Å². The lowest BCUT2D eigenvalue weighted by Gasteiger charge is -2.58. The number of rotatable bonds is 7. The summed E-state index contributed by atoms with van der Waals surface area (Å²) in [6, 6.07) is 7.56. The molecule has 0 spiro atoms. The summed E-state index contributed by atoms with van der Waals surface area (Å²) in [4.78, 5) is 12.5. The van der Waals surface area contributed by atoms with E-state index < -0.39 is 6.16 Å². The fourth-order valence-electron chi connectivity index (χ4n) is 9.62. The van der Waals surface area contributed by atoms with E-state index in [1.54, 1.807) is 5.57 Å². The van der Waals surface area contributed by atoms with E-state index in [9.17, 15) is 4.79 Å². The molecule has 3 heteroatoms. The van der Waals surface area contributed by atoms with E-state index in [0.29, 0.717) is 11.2 Å². The van der Waals surface area contributed by atoms with E-state index in [2.05, 4.69) is 40.7 Å². The number of aryl methyl sites for hydroxylation is 1. The van der Waals surface area contributed by atoms with E-state index in [4.69, 9.17) is 9.47 Å². The summed E-state index contributed by atoms with van der Waals surface area (Å²) >= 11 is 0. The van der Waals surface area contributed by atoms with Crippen LogP contribution in [0.25, 0.3) is 0 Å². The van der Waals surface area contributed by atoms with Crippen molar-refractivity contribution < 1.29 is 14.3 Å². The molecule has 0 aromatic heterocycles. The minimum atomic E-state index is -0.565. The highest BCUT2D eigenvalue weighted by Crippen LogP contribution is 2.67. The zero-order chi connectivity index (χ0) is 27.1. The van der Waals surface area contributed by atoms with Gasteiger partial charge in [-0.25, -0.2) is 4.79 Å². The largest absolute Gasteiger partial charge is 0.514 e. The highest BCUT2D eigenvalue weighted by Gasteiger charge is 2.59. The molecule has 38 heavy (non-hydrogen) atoms. The van der Waals surface area contributed by atoms with Gasteiger partial charge in [0, 0.05) is 6.42 Å². The van der Waals surface area contributed by atoms with Gasteiger partial charge in [-0.05, 0) is 110 Å². The van der Waals surface area contributed by atoms with Gasteiger partial charge in [-0.3, -0.25) is 0 Å². The van der Waals surface area contributed by atoms with Crippen molar-refractivity contribution in [3.8, 4) is 5.75 Å². The summed E-state index contributed by atoms with van der Waals surface area (Å²) < 4.78 is 11.3. The molecular formula is C35H52O3. The van der Waals surface area contributed by atoms with E-state index in [1.165, 1.54) is 51.4 Å². The van der Waals surface area contributed by atoms with Gasteiger partial charge in [-0.1, -0.05) is 83.2 Å². The number of fused-ring (bicyclic) bond motifs is 5. The summed E-state index contributed by atoms with van der Waals surface area (Å²) in [5.41, 5.74) is 3.50. The van der Waals surface area contributed by atoms with Gasteiger partial charge in [0.05, 0.1) is 0 Å². The molecule has 0 saturated heterocycles. The molecule has 0 heterocycles. The number of ether oxygens (including phenoxy) is 2. The molecule has 0 aliphatic heterocycles. The number of hydrogen-bond donors (Lipinski definition) is 0. The summed E-state index contributed by atoms with van der Waals surface area (Å²) in [6.45, 7) is 14.5. The maximum atomic E-state index is 12.5. The Labute approximate surface area is 232 Å². The van der Waals surface area contributed by atoms with Gasteiger partial charge in [-0.15, -0.1) is 0 Å². The van der Waals surface area contributed by atoms with E-state index in [0.717, 1.165) is 60.3 Å². The second-order valence-corrected chi connectivity index (χ2v) is 14.4. The summed E-state index contributed by atoms with van der Waals surface area (Å²) in [7, 11) is 0. The van der Waals surface area contributed by atoms with Gasteiger partial charge < -0.3 is 9.47 Å². The molecule has 210 valence electrons. The fourth-order valence-corrected chi connectivity index (χ4v) is 9.62. The number of carbonyl (C=O) groups is 1. The second-order valence-electron chi connectivity index (χ2n) is 14.4. The van der Waals surface area contributed by atoms with Crippen LogP contribution < -0.4 is 4.74 Å². The normalized spacial score (nSPS) is 37.0. The van der Waals surface area contributed by atoms with Crippen molar-refractivity contribution in [3.05, 3.63) is 41.5 Å². The lowest BCUT2D eigenvalue weighted by Crippen LogP contribution is -2.51. The van der Waals surface area contributed by atoms with Gasteiger partial charge >= 0.3 is 6.16 Å². The number of hydrogen-bond acceptors (Lipinski definition) is 3. The molecule has 4 aliphatic rings. The Morgan fingerprint density at radius 3 is 2.47 bits per heavy atom. The summed E-state index contributed by atoms with van der Waals surface area (Å²) in [6.07, 6.45) is 16.0. The Morgan fingerprint density at radius 1 is 0.974 bits per heavy atom. The maximum absolute atomic E-state index is 12.5. The van der Waals surface area contributed by atoms with Crippen LogP contribution in [0, 0.1) is 53.3 Å². The Morgan fingerprint density at radius 2 is 1.74 bits per heavy atom. The van der Waals surface area contributed by atoms with Crippen molar-refractivity contribution in [1.29, 1.82) is 0 Å². The van der Waals surface area contributed by atoms with Crippen molar-refractivity contribution in [2.24, 2.45) is 46.3 Å². The molecular weight excluding hydrogens is 468 g/mol. The third-order valence-corrected chi connectivity index (χ3v) is 11.7. The quantitative estimate of drug-likeness (QED) is 0.204. The topological polar surface area (TPSA) is 35.5 Å². The molecule has 8 unspecified atom stereocenters. The van der Waals surface area contributed by atoms with Crippen LogP contribution in [0.4, 0.5) is 4.79 Å². The van der Waals surface area contributed by atoms with Crippen LogP contribution in [-0.4, -0.2) is 12.3 Å². The highest BCUT2D eigenvalue weighted by molar-refractivity contribution is 5.64. The van der Waals surface area contributed by atoms with E-state index >= 15 is 0 Å². The summed E-state index contributed by atoms with van der Waals surface area (Å²) in [5, 5.41) is 0. The van der Waals surface area contributed by atoms with Gasteiger partial charge in [-0.2, -0.15) is 0 Å². The Hall–Kier alpha value is -1.77. The van der Waals surface area contributed by atoms with E-state index in [1.807, 2.05) is 31.2 Å². The molecule has 8 atom stereocenters. The zero-order valence-corrected chi connectivity index (χ0v) is 24.9.